The number of nitrogens with one attached hydrogen (secondary N) is 1. The average molecular weight is 410 g/mol. The van der Waals surface area contributed by atoms with E-state index < -0.39 is 0 Å². The summed E-state index contributed by atoms with van der Waals surface area (Å²) in [7, 11) is 3.35. The van der Waals surface area contributed by atoms with Crippen LogP contribution in [0.1, 0.15) is 11.1 Å². The molecule has 1 N–H and O–H groups in total. The molecule has 30 heavy (non-hydrogen) atoms. The summed E-state index contributed by atoms with van der Waals surface area (Å²) in [5.74, 6) is 0.863. The van der Waals surface area contributed by atoms with Gasteiger partial charge in [0.25, 0.3) is 0 Å². The Kier molecular flexibility index (Phi) is 6.13. The highest BCUT2D eigenvalue weighted by Crippen LogP contribution is 2.38. The van der Waals surface area contributed by atoms with Crippen molar-refractivity contribution in [2.45, 2.75) is 19.4 Å². The summed E-state index contributed by atoms with van der Waals surface area (Å²) in [6.45, 7) is 5.79. The van der Waals surface area contributed by atoms with E-state index in [1.54, 1.807) is 14.2 Å². The van der Waals surface area contributed by atoms with Gasteiger partial charge in [0.05, 0.1) is 25.7 Å². The number of carbonyl (C=O) groups is 1. The molecule has 0 saturated carbocycles. The van der Waals surface area contributed by atoms with Crippen LogP contribution in [0.5, 0.6) is 5.75 Å². The van der Waals surface area contributed by atoms with Crippen LogP contribution in [0.25, 0.3) is 0 Å². The van der Waals surface area contributed by atoms with Crippen molar-refractivity contribution in [2.24, 2.45) is 5.92 Å². The molecule has 1 fully saturated rings. The van der Waals surface area contributed by atoms with Gasteiger partial charge in [0.1, 0.15) is 5.75 Å². The van der Waals surface area contributed by atoms with Crippen LogP contribution >= 0.6 is 0 Å². The first-order valence-electron chi connectivity index (χ1n) is 10.6. The molecule has 0 aliphatic carbocycles. The van der Waals surface area contributed by atoms with E-state index in [-0.39, 0.29) is 17.9 Å². The summed E-state index contributed by atoms with van der Waals surface area (Å²) >= 11 is 0. The molecule has 2 aliphatic heterocycles. The van der Waals surface area contributed by atoms with Crippen molar-refractivity contribution in [3.8, 4) is 5.75 Å². The minimum atomic E-state index is -0.101. The summed E-state index contributed by atoms with van der Waals surface area (Å²) in [5, 5.41) is 3.07. The third-order valence-corrected chi connectivity index (χ3v) is 6.27. The quantitative estimate of drug-likeness (QED) is 0.744. The lowest BCUT2D eigenvalue weighted by atomic mass is 9.83. The molecular formula is C24H31N3O3. The number of piperazine rings is 1. The third kappa shape index (κ3) is 4.10. The van der Waals surface area contributed by atoms with E-state index in [0.717, 1.165) is 31.8 Å². The summed E-state index contributed by atoms with van der Waals surface area (Å²) in [6, 6.07) is 15.0. The molecular weight excluding hydrogens is 378 g/mol. The molecule has 4 rings (SSSR count). The van der Waals surface area contributed by atoms with E-state index in [9.17, 15) is 4.79 Å². The van der Waals surface area contributed by atoms with Crippen LogP contribution in [0.2, 0.25) is 0 Å². The van der Waals surface area contributed by atoms with E-state index in [4.69, 9.17) is 9.47 Å². The highest BCUT2D eigenvalue weighted by atomic mass is 16.5. The van der Waals surface area contributed by atoms with Crippen LogP contribution < -0.4 is 19.9 Å². The molecule has 0 unspecified atom stereocenters. The number of hydrogen-bond acceptors (Lipinski definition) is 5. The lowest BCUT2D eigenvalue weighted by Gasteiger charge is -2.49. The number of fused-ring (bicyclic) bond motifs is 3. The van der Waals surface area contributed by atoms with Crippen molar-refractivity contribution in [3.63, 3.8) is 0 Å². The fraction of sp³-hybridized carbons (Fsp3) is 0.458. The molecule has 1 amide bonds. The van der Waals surface area contributed by atoms with Crippen LogP contribution in [0.15, 0.2) is 42.5 Å². The second kappa shape index (κ2) is 8.96. The van der Waals surface area contributed by atoms with E-state index in [1.165, 1.54) is 22.5 Å². The van der Waals surface area contributed by atoms with Gasteiger partial charge in [-0.15, -0.1) is 0 Å². The first-order valence-corrected chi connectivity index (χ1v) is 10.6. The second-order valence-corrected chi connectivity index (χ2v) is 8.13. The molecule has 0 aromatic heterocycles. The Morgan fingerprint density at radius 1 is 1.13 bits per heavy atom. The fourth-order valence-electron chi connectivity index (χ4n) is 4.60. The lowest BCUT2D eigenvalue weighted by molar-refractivity contribution is -0.126. The highest BCUT2D eigenvalue weighted by molar-refractivity contribution is 5.82. The molecule has 0 bridgehead atoms. The number of nitrogens with zero attached hydrogens (tertiary/aromatic N) is 2. The fourth-order valence-corrected chi connectivity index (χ4v) is 4.60. The second-order valence-electron chi connectivity index (χ2n) is 8.13. The van der Waals surface area contributed by atoms with Crippen LogP contribution in [-0.2, 0) is 16.0 Å². The third-order valence-electron chi connectivity index (χ3n) is 6.27. The van der Waals surface area contributed by atoms with E-state index in [1.807, 2.05) is 6.07 Å². The van der Waals surface area contributed by atoms with Gasteiger partial charge >= 0.3 is 0 Å². The molecule has 2 heterocycles. The van der Waals surface area contributed by atoms with Crippen molar-refractivity contribution in [3.05, 3.63) is 53.6 Å². The smallest absolute Gasteiger partial charge is 0.225 e. The molecule has 6 heteroatoms. The van der Waals surface area contributed by atoms with Gasteiger partial charge in [0.2, 0.25) is 5.91 Å². The largest absolute Gasteiger partial charge is 0.497 e. The number of hydrogen-bond donors (Lipinski definition) is 1. The Hall–Kier alpha value is -2.73. The van der Waals surface area contributed by atoms with E-state index in [2.05, 4.69) is 58.4 Å². The molecule has 2 aromatic carbocycles. The van der Waals surface area contributed by atoms with Crippen LogP contribution in [0.4, 0.5) is 11.4 Å². The van der Waals surface area contributed by atoms with Gasteiger partial charge in [-0.3, -0.25) is 4.79 Å². The molecule has 1 saturated heterocycles. The lowest BCUT2D eigenvalue weighted by Crippen LogP contribution is -2.61. The Morgan fingerprint density at radius 3 is 2.67 bits per heavy atom. The Balaban J connectivity index is 1.62. The predicted octanol–water partition coefficient (Wildman–Crippen LogP) is 2.63. The summed E-state index contributed by atoms with van der Waals surface area (Å²) < 4.78 is 10.6. The van der Waals surface area contributed by atoms with Crippen LogP contribution in [0.3, 0.4) is 0 Å². The van der Waals surface area contributed by atoms with Gasteiger partial charge in [0.15, 0.2) is 0 Å². The normalized spacial score (nSPS) is 20.4. The summed E-state index contributed by atoms with van der Waals surface area (Å²) in [4.78, 5) is 17.9. The van der Waals surface area contributed by atoms with Gasteiger partial charge in [0, 0.05) is 50.7 Å². The van der Waals surface area contributed by atoms with Crippen molar-refractivity contribution < 1.29 is 14.3 Å². The standard InChI is InChI=1S/C24H31N3O3/c1-17-4-7-19(8-5-17)26-11-12-27-22-15-20(30-3)9-6-18(22)14-21(23(27)16-26)24(28)25-10-13-29-2/h4-9,15,21,23H,10-14,16H2,1-3H3,(H,25,28)/t21-,23+/m1/s1. The van der Waals surface area contributed by atoms with Crippen molar-refractivity contribution >= 4 is 17.3 Å². The molecule has 0 spiro atoms. The first-order chi connectivity index (χ1) is 14.6. The minimum absolute atomic E-state index is 0.101. The van der Waals surface area contributed by atoms with Crippen molar-refractivity contribution in [1.29, 1.82) is 0 Å². The maximum atomic E-state index is 13.1. The Labute approximate surface area is 178 Å². The predicted molar refractivity (Wildman–Crippen MR) is 120 cm³/mol. The molecule has 0 radical (unpaired) electrons. The SMILES string of the molecule is COCCNC(=O)[C@@H]1Cc2ccc(OC)cc2N2CCN(c3ccc(C)cc3)C[C@@H]12. The molecule has 2 aliphatic rings. The number of anilines is 2. The Morgan fingerprint density at radius 2 is 1.93 bits per heavy atom. The topological polar surface area (TPSA) is 54.0 Å². The van der Waals surface area contributed by atoms with E-state index >= 15 is 0 Å². The zero-order chi connectivity index (χ0) is 21.1. The molecule has 160 valence electrons. The average Bonchev–Trinajstić information content (AvgIpc) is 2.78. The molecule has 2 atom stereocenters. The zero-order valence-corrected chi connectivity index (χ0v) is 18.1. The maximum Gasteiger partial charge on any atom is 0.225 e. The monoisotopic (exact) mass is 409 g/mol. The van der Waals surface area contributed by atoms with Gasteiger partial charge in [-0.05, 0) is 37.1 Å². The molecule has 2 aromatic rings. The number of aryl methyl sites for hydroxylation is 1. The summed E-state index contributed by atoms with van der Waals surface area (Å²) in [6.07, 6.45) is 0.737. The number of benzene rings is 2. The number of methoxy groups -OCH3 is 2. The van der Waals surface area contributed by atoms with Gasteiger partial charge in [-0.25, -0.2) is 0 Å². The zero-order valence-electron chi connectivity index (χ0n) is 18.1. The van der Waals surface area contributed by atoms with Crippen LogP contribution in [0, 0.1) is 12.8 Å². The van der Waals surface area contributed by atoms with Crippen molar-refractivity contribution in [1.82, 2.24) is 5.32 Å². The van der Waals surface area contributed by atoms with Gasteiger partial charge < -0.3 is 24.6 Å². The number of rotatable bonds is 6. The first kappa shape index (κ1) is 20.5. The number of ether oxygens (including phenoxy) is 2. The Bertz CT molecular complexity index is 884. The van der Waals surface area contributed by atoms with Gasteiger partial charge in [-0.2, -0.15) is 0 Å². The van der Waals surface area contributed by atoms with Crippen molar-refractivity contribution in [2.75, 3.05) is 56.8 Å². The minimum Gasteiger partial charge on any atom is -0.497 e. The van der Waals surface area contributed by atoms with E-state index in [0.29, 0.717) is 13.2 Å². The number of amides is 1. The number of carbonyl (C=O) groups excluding carboxylic acids is 1. The molecule has 6 nitrogen and oxygen atoms in total. The maximum absolute atomic E-state index is 13.1. The highest BCUT2D eigenvalue weighted by Gasteiger charge is 2.41. The van der Waals surface area contributed by atoms with Crippen LogP contribution in [-0.4, -0.2) is 59.0 Å². The van der Waals surface area contributed by atoms with Gasteiger partial charge in [-0.1, -0.05) is 23.8 Å². The summed E-state index contributed by atoms with van der Waals surface area (Å²) in [5.41, 5.74) is 4.88.